The molecule has 0 atom stereocenters. The van der Waals surface area contributed by atoms with Crippen LogP contribution in [0.25, 0.3) is 0 Å². The van der Waals surface area contributed by atoms with E-state index in [1.165, 1.54) is 32.1 Å². The Morgan fingerprint density at radius 2 is 1.46 bits per heavy atom. The molecule has 1 aliphatic rings. The molecule has 0 N–H and O–H groups in total. The van der Waals surface area contributed by atoms with Crippen LogP contribution >= 0.6 is 0 Å². The molecule has 0 aromatic carbocycles. The van der Waals surface area contributed by atoms with Crippen LogP contribution in [0.1, 0.15) is 52.9 Å². The predicted molar refractivity (Wildman–Crippen MR) is 59.0 cm³/mol. The second kappa shape index (κ2) is 3.61. The Morgan fingerprint density at radius 3 is 1.77 bits per heavy atom. The van der Waals surface area contributed by atoms with Crippen molar-refractivity contribution < 1.29 is 0 Å². The third-order valence-electron chi connectivity index (χ3n) is 4.47. The smallest absolute Gasteiger partial charge is 0.0175 e. The number of hydrogen-bond acceptors (Lipinski definition) is 1. The highest BCUT2D eigenvalue weighted by atomic mass is 15.1. The quantitative estimate of drug-likeness (QED) is 0.635. The van der Waals surface area contributed by atoms with E-state index in [4.69, 9.17) is 0 Å². The fourth-order valence-electron chi connectivity index (χ4n) is 2.19. The average Bonchev–Trinajstić information content (AvgIpc) is 2.11. The summed E-state index contributed by atoms with van der Waals surface area (Å²) in [6.07, 6.45) is 6.88. The molecule has 0 spiro atoms. The molecule has 0 aliphatic heterocycles. The third-order valence-corrected chi connectivity index (χ3v) is 4.47. The zero-order valence-corrected chi connectivity index (χ0v) is 9.98. The minimum Gasteiger partial charge on any atom is -0.304 e. The van der Waals surface area contributed by atoms with Crippen LogP contribution in [0.4, 0.5) is 0 Å². The highest BCUT2D eigenvalue weighted by Gasteiger charge is 2.37. The molecular formula is C12H25N. The Labute approximate surface area is 83.5 Å². The fourth-order valence-corrected chi connectivity index (χ4v) is 2.19. The van der Waals surface area contributed by atoms with E-state index in [0.717, 1.165) is 0 Å². The number of rotatable bonds is 2. The summed E-state index contributed by atoms with van der Waals surface area (Å²) >= 11 is 0. The molecule has 1 fully saturated rings. The van der Waals surface area contributed by atoms with Crippen LogP contribution in [0, 0.1) is 5.41 Å². The van der Waals surface area contributed by atoms with Crippen molar-refractivity contribution in [3.63, 3.8) is 0 Å². The standard InChI is InChI=1S/C12H25N/c1-6-11(2)7-9-12(3,10-8-11)13(4)5/h6-10H2,1-5H3. The Bertz CT molecular complexity index is 164. The minimum atomic E-state index is 0.467. The van der Waals surface area contributed by atoms with Gasteiger partial charge in [-0.15, -0.1) is 0 Å². The molecule has 1 heteroatoms. The highest BCUT2D eigenvalue weighted by Crippen LogP contribution is 2.44. The van der Waals surface area contributed by atoms with E-state index in [0.29, 0.717) is 11.0 Å². The lowest BCUT2D eigenvalue weighted by Crippen LogP contribution is -2.46. The van der Waals surface area contributed by atoms with E-state index in [-0.39, 0.29) is 0 Å². The van der Waals surface area contributed by atoms with Crippen LogP contribution < -0.4 is 0 Å². The van der Waals surface area contributed by atoms with Crippen LogP contribution in [0.3, 0.4) is 0 Å². The summed E-state index contributed by atoms with van der Waals surface area (Å²) in [5.74, 6) is 0. The molecule has 0 aromatic rings. The van der Waals surface area contributed by atoms with Gasteiger partial charge in [-0.3, -0.25) is 0 Å². The first-order valence-electron chi connectivity index (χ1n) is 5.59. The van der Waals surface area contributed by atoms with Gasteiger partial charge in [-0.25, -0.2) is 0 Å². The first-order chi connectivity index (χ1) is 5.92. The summed E-state index contributed by atoms with van der Waals surface area (Å²) in [5.41, 5.74) is 1.10. The molecule has 1 rings (SSSR count). The SMILES string of the molecule is CCC1(C)CCC(C)(N(C)C)CC1. The number of hydrogen-bond donors (Lipinski definition) is 0. The normalized spacial score (nSPS) is 41.1. The zero-order valence-electron chi connectivity index (χ0n) is 9.98. The van der Waals surface area contributed by atoms with Gasteiger partial charge in [0.05, 0.1) is 0 Å². The second-order valence-electron chi connectivity index (χ2n) is 5.56. The van der Waals surface area contributed by atoms with Crippen molar-refractivity contribution in [3.8, 4) is 0 Å². The monoisotopic (exact) mass is 183 g/mol. The maximum Gasteiger partial charge on any atom is 0.0175 e. The van der Waals surface area contributed by atoms with Crippen molar-refractivity contribution in [2.24, 2.45) is 5.41 Å². The third kappa shape index (κ3) is 2.25. The van der Waals surface area contributed by atoms with Gasteiger partial charge in [0.15, 0.2) is 0 Å². The lowest BCUT2D eigenvalue weighted by Gasteiger charge is -2.46. The number of nitrogens with zero attached hydrogens (tertiary/aromatic N) is 1. The maximum absolute atomic E-state index is 2.45. The van der Waals surface area contributed by atoms with Gasteiger partial charge in [0.25, 0.3) is 0 Å². The van der Waals surface area contributed by atoms with Gasteiger partial charge in [-0.1, -0.05) is 20.3 Å². The van der Waals surface area contributed by atoms with E-state index < -0.39 is 0 Å². The lowest BCUT2D eigenvalue weighted by atomic mass is 9.67. The van der Waals surface area contributed by atoms with Gasteiger partial charge in [0.2, 0.25) is 0 Å². The van der Waals surface area contributed by atoms with E-state index >= 15 is 0 Å². The average molecular weight is 183 g/mol. The molecule has 0 amide bonds. The largest absolute Gasteiger partial charge is 0.304 e. The molecule has 1 nitrogen and oxygen atoms in total. The topological polar surface area (TPSA) is 3.24 Å². The van der Waals surface area contributed by atoms with E-state index in [2.05, 4.69) is 39.8 Å². The van der Waals surface area contributed by atoms with Crippen molar-refractivity contribution in [2.45, 2.75) is 58.4 Å². The molecule has 0 bridgehead atoms. The van der Waals surface area contributed by atoms with Gasteiger partial charge < -0.3 is 4.90 Å². The Morgan fingerprint density at radius 1 is 1.00 bits per heavy atom. The lowest BCUT2D eigenvalue weighted by molar-refractivity contribution is 0.0576. The van der Waals surface area contributed by atoms with Crippen molar-refractivity contribution >= 4 is 0 Å². The van der Waals surface area contributed by atoms with E-state index in [1.807, 2.05) is 0 Å². The van der Waals surface area contributed by atoms with Crippen molar-refractivity contribution in [2.75, 3.05) is 14.1 Å². The maximum atomic E-state index is 2.45. The molecule has 13 heavy (non-hydrogen) atoms. The first-order valence-corrected chi connectivity index (χ1v) is 5.59. The van der Waals surface area contributed by atoms with Crippen LogP contribution in [-0.4, -0.2) is 24.5 Å². The van der Waals surface area contributed by atoms with Crippen LogP contribution in [-0.2, 0) is 0 Å². The minimum absolute atomic E-state index is 0.467. The van der Waals surface area contributed by atoms with E-state index in [9.17, 15) is 0 Å². The van der Waals surface area contributed by atoms with Gasteiger partial charge in [0, 0.05) is 5.54 Å². The summed E-state index contributed by atoms with van der Waals surface area (Å²) < 4.78 is 0. The van der Waals surface area contributed by atoms with Crippen molar-refractivity contribution in [1.82, 2.24) is 4.90 Å². The van der Waals surface area contributed by atoms with Gasteiger partial charge >= 0.3 is 0 Å². The Kier molecular flexibility index (Phi) is 3.06. The van der Waals surface area contributed by atoms with Crippen LogP contribution in [0.15, 0.2) is 0 Å². The zero-order chi connectivity index (χ0) is 10.1. The summed E-state index contributed by atoms with van der Waals surface area (Å²) in [6.45, 7) is 7.18. The Balaban J connectivity index is 2.56. The predicted octanol–water partition coefficient (Wildman–Crippen LogP) is 3.30. The molecule has 1 saturated carbocycles. The molecule has 0 heterocycles. The first kappa shape index (κ1) is 11.0. The molecule has 78 valence electrons. The molecule has 0 saturated heterocycles. The summed E-state index contributed by atoms with van der Waals surface area (Å²) in [5, 5.41) is 0. The van der Waals surface area contributed by atoms with Crippen molar-refractivity contribution in [1.29, 1.82) is 0 Å². The fraction of sp³-hybridized carbons (Fsp3) is 1.00. The summed E-state index contributed by atoms with van der Waals surface area (Å²) in [6, 6.07) is 0. The molecular weight excluding hydrogens is 158 g/mol. The highest BCUT2D eigenvalue weighted by molar-refractivity contribution is 4.92. The van der Waals surface area contributed by atoms with Crippen LogP contribution in [0.5, 0.6) is 0 Å². The Hall–Kier alpha value is -0.0400. The molecule has 0 unspecified atom stereocenters. The van der Waals surface area contributed by atoms with E-state index in [1.54, 1.807) is 0 Å². The molecule has 1 aliphatic carbocycles. The van der Waals surface area contributed by atoms with Gasteiger partial charge in [-0.05, 0) is 52.1 Å². The van der Waals surface area contributed by atoms with Crippen LogP contribution in [0.2, 0.25) is 0 Å². The van der Waals surface area contributed by atoms with Gasteiger partial charge in [-0.2, -0.15) is 0 Å². The summed E-state index contributed by atoms with van der Waals surface area (Å²) in [7, 11) is 4.43. The molecule has 0 radical (unpaired) electrons. The molecule has 0 aromatic heterocycles. The second-order valence-corrected chi connectivity index (χ2v) is 5.56. The summed E-state index contributed by atoms with van der Waals surface area (Å²) in [4.78, 5) is 2.41. The van der Waals surface area contributed by atoms with Crippen molar-refractivity contribution in [3.05, 3.63) is 0 Å². The van der Waals surface area contributed by atoms with Gasteiger partial charge in [0.1, 0.15) is 0 Å².